The fraction of sp³-hybridized carbons (Fsp3) is 0.500. The monoisotopic (exact) mass is 262 g/mol. The zero-order chi connectivity index (χ0) is 13.4. The van der Waals surface area contributed by atoms with Gasteiger partial charge in [-0.3, -0.25) is 0 Å². The van der Waals surface area contributed by atoms with Crippen LogP contribution in [0, 0.1) is 5.92 Å². The number of carbonyl (C=O) groups is 1. The molecule has 1 saturated carbocycles. The number of rotatable bonds is 3. The Hall–Kier alpha value is -1.91. The average molecular weight is 262 g/mol. The number of benzene rings is 1. The fourth-order valence-corrected chi connectivity index (χ4v) is 2.66. The lowest BCUT2D eigenvalue weighted by Crippen LogP contribution is -2.33. The minimum Gasteiger partial charge on any atom is -0.486 e. The first-order valence-corrected chi connectivity index (χ1v) is 6.56. The lowest BCUT2D eigenvalue weighted by Gasteiger charge is -2.21. The van der Waals surface area contributed by atoms with Crippen LogP contribution < -0.4 is 15.2 Å². The van der Waals surface area contributed by atoms with E-state index in [2.05, 4.69) is 6.07 Å². The van der Waals surface area contributed by atoms with E-state index in [9.17, 15) is 4.79 Å². The molecule has 1 aliphatic heterocycles. The highest BCUT2D eigenvalue weighted by Gasteiger charge is 2.41. The number of fused-ring (bicyclic) bond motifs is 1. The molecular formula is C14H18N2O3. The normalized spacial score (nSPS) is 23.8. The maximum Gasteiger partial charge on any atom is 0.314 e. The van der Waals surface area contributed by atoms with E-state index >= 15 is 0 Å². The summed E-state index contributed by atoms with van der Waals surface area (Å²) in [4.78, 5) is 12.6. The second-order valence-electron chi connectivity index (χ2n) is 5.19. The van der Waals surface area contributed by atoms with Crippen molar-refractivity contribution in [1.29, 1.82) is 0 Å². The molecule has 2 aliphatic rings. The summed E-state index contributed by atoms with van der Waals surface area (Å²) in [5, 5.41) is 0. The molecule has 2 amide bonds. The number of ether oxygens (including phenoxy) is 2. The molecular weight excluding hydrogens is 244 g/mol. The molecule has 1 heterocycles. The predicted molar refractivity (Wildman–Crippen MR) is 70.5 cm³/mol. The van der Waals surface area contributed by atoms with Crippen LogP contribution in [0.1, 0.15) is 17.9 Å². The van der Waals surface area contributed by atoms with Gasteiger partial charge in [-0.25, -0.2) is 4.79 Å². The van der Waals surface area contributed by atoms with Crippen LogP contribution in [0.25, 0.3) is 0 Å². The zero-order valence-electron chi connectivity index (χ0n) is 11.0. The highest BCUT2D eigenvalue weighted by Crippen LogP contribution is 2.52. The van der Waals surface area contributed by atoms with E-state index in [1.165, 1.54) is 5.56 Å². The van der Waals surface area contributed by atoms with Gasteiger partial charge in [0.15, 0.2) is 11.5 Å². The van der Waals surface area contributed by atoms with Crippen molar-refractivity contribution in [1.82, 2.24) is 4.90 Å². The summed E-state index contributed by atoms with van der Waals surface area (Å²) in [6, 6.07) is 5.64. The third kappa shape index (κ3) is 2.32. The van der Waals surface area contributed by atoms with Crippen LogP contribution in [0.5, 0.6) is 11.5 Å². The molecule has 5 heteroatoms. The number of hydrogen-bond acceptors (Lipinski definition) is 3. The van der Waals surface area contributed by atoms with Crippen molar-refractivity contribution < 1.29 is 14.3 Å². The predicted octanol–water partition coefficient (Wildman–Crippen LogP) is 1.57. The first-order chi connectivity index (χ1) is 9.16. The summed E-state index contributed by atoms with van der Waals surface area (Å²) in [5.74, 6) is 2.62. The van der Waals surface area contributed by atoms with Gasteiger partial charge in [0, 0.05) is 19.2 Å². The van der Waals surface area contributed by atoms with Crippen molar-refractivity contribution in [2.75, 3.05) is 26.8 Å². The molecule has 1 fully saturated rings. The molecule has 102 valence electrons. The van der Waals surface area contributed by atoms with Gasteiger partial charge in [0.25, 0.3) is 0 Å². The average Bonchev–Trinajstić information content (AvgIpc) is 3.17. The number of amides is 2. The van der Waals surface area contributed by atoms with Gasteiger partial charge >= 0.3 is 6.03 Å². The molecule has 5 nitrogen and oxygen atoms in total. The second kappa shape index (κ2) is 4.64. The van der Waals surface area contributed by atoms with E-state index in [-0.39, 0.29) is 6.03 Å². The summed E-state index contributed by atoms with van der Waals surface area (Å²) < 4.78 is 11.3. The molecule has 0 spiro atoms. The lowest BCUT2D eigenvalue weighted by molar-refractivity contribution is 0.169. The largest absolute Gasteiger partial charge is 0.486 e. The number of urea groups is 1. The Bertz CT molecular complexity index is 503. The Kier molecular flexibility index (Phi) is 2.97. The molecule has 2 unspecified atom stereocenters. The van der Waals surface area contributed by atoms with E-state index in [1.54, 1.807) is 11.9 Å². The molecule has 0 saturated heterocycles. The number of carbonyl (C=O) groups excluding carboxylic acids is 1. The Morgan fingerprint density at radius 3 is 3.00 bits per heavy atom. The summed E-state index contributed by atoms with van der Waals surface area (Å²) in [6.45, 7) is 1.90. The molecule has 0 aromatic heterocycles. The number of nitrogens with zero attached hydrogens (tertiary/aromatic N) is 1. The quantitative estimate of drug-likeness (QED) is 0.899. The van der Waals surface area contributed by atoms with Crippen molar-refractivity contribution in [3.05, 3.63) is 23.8 Å². The number of nitrogens with two attached hydrogens (primary N) is 1. The molecule has 3 rings (SSSR count). The molecule has 0 radical (unpaired) electrons. The fourth-order valence-electron chi connectivity index (χ4n) is 2.66. The van der Waals surface area contributed by atoms with Gasteiger partial charge in [-0.1, -0.05) is 12.1 Å². The zero-order valence-corrected chi connectivity index (χ0v) is 11.0. The van der Waals surface area contributed by atoms with Crippen LogP contribution in [-0.4, -0.2) is 37.7 Å². The van der Waals surface area contributed by atoms with E-state index in [0.717, 1.165) is 17.9 Å². The highest BCUT2D eigenvalue weighted by atomic mass is 16.6. The Morgan fingerprint density at radius 1 is 1.42 bits per heavy atom. The van der Waals surface area contributed by atoms with Gasteiger partial charge in [-0.2, -0.15) is 0 Å². The molecule has 2 N–H and O–H groups in total. The molecule has 2 atom stereocenters. The van der Waals surface area contributed by atoms with Crippen LogP contribution in [0.3, 0.4) is 0 Å². The van der Waals surface area contributed by atoms with E-state index < -0.39 is 0 Å². The molecule has 19 heavy (non-hydrogen) atoms. The Labute approximate surface area is 112 Å². The first kappa shape index (κ1) is 12.1. The standard InChI is InChI=1S/C14H18N2O3/c1-16(14(15)17)8-9-7-11(9)10-3-2-4-12-13(10)19-6-5-18-12/h2-4,9,11H,5-8H2,1H3,(H2,15,17). The van der Waals surface area contributed by atoms with Crippen molar-refractivity contribution in [3.8, 4) is 11.5 Å². The summed E-state index contributed by atoms with van der Waals surface area (Å²) >= 11 is 0. The van der Waals surface area contributed by atoms with Crippen LogP contribution >= 0.6 is 0 Å². The van der Waals surface area contributed by atoms with Crippen molar-refractivity contribution >= 4 is 6.03 Å². The molecule has 1 aromatic rings. The van der Waals surface area contributed by atoms with Crippen LogP contribution in [0.15, 0.2) is 18.2 Å². The second-order valence-corrected chi connectivity index (χ2v) is 5.19. The number of primary amides is 1. The smallest absolute Gasteiger partial charge is 0.314 e. The van der Waals surface area contributed by atoms with Gasteiger partial charge in [-0.15, -0.1) is 0 Å². The minimum absolute atomic E-state index is 0.375. The maximum atomic E-state index is 11.0. The topological polar surface area (TPSA) is 64.8 Å². The van der Waals surface area contributed by atoms with Crippen molar-refractivity contribution in [3.63, 3.8) is 0 Å². The Morgan fingerprint density at radius 2 is 2.21 bits per heavy atom. The maximum absolute atomic E-state index is 11.0. The van der Waals surface area contributed by atoms with Crippen LogP contribution in [0.4, 0.5) is 4.79 Å². The van der Waals surface area contributed by atoms with Crippen molar-refractivity contribution in [2.45, 2.75) is 12.3 Å². The van der Waals surface area contributed by atoms with Gasteiger partial charge < -0.3 is 20.1 Å². The summed E-state index contributed by atoms with van der Waals surface area (Å²) in [7, 11) is 1.73. The highest BCUT2D eigenvalue weighted by molar-refractivity contribution is 5.71. The molecule has 1 aliphatic carbocycles. The summed E-state index contributed by atoms with van der Waals surface area (Å²) in [6.07, 6.45) is 1.07. The van der Waals surface area contributed by atoms with Crippen molar-refractivity contribution in [2.24, 2.45) is 11.7 Å². The first-order valence-electron chi connectivity index (χ1n) is 6.56. The van der Waals surface area contributed by atoms with E-state index in [4.69, 9.17) is 15.2 Å². The summed E-state index contributed by atoms with van der Waals surface area (Å²) in [5.41, 5.74) is 6.44. The van der Waals surface area contributed by atoms with Gasteiger partial charge in [0.1, 0.15) is 13.2 Å². The van der Waals surface area contributed by atoms with Gasteiger partial charge in [0.2, 0.25) is 0 Å². The SMILES string of the molecule is CN(CC1CC1c1cccc2c1OCCO2)C(N)=O. The molecule has 1 aromatic carbocycles. The van der Waals surface area contributed by atoms with Gasteiger partial charge in [-0.05, 0) is 24.3 Å². The van der Waals surface area contributed by atoms with Crippen LogP contribution in [0.2, 0.25) is 0 Å². The lowest BCUT2D eigenvalue weighted by atomic mass is 10.1. The van der Waals surface area contributed by atoms with Gasteiger partial charge in [0.05, 0.1) is 0 Å². The number of para-hydroxylation sites is 1. The minimum atomic E-state index is -0.375. The third-order valence-corrected chi connectivity index (χ3v) is 3.80. The van der Waals surface area contributed by atoms with E-state index in [1.807, 2.05) is 12.1 Å². The van der Waals surface area contributed by atoms with Crippen LogP contribution in [-0.2, 0) is 0 Å². The Balaban J connectivity index is 1.73. The third-order valence-electron chi connectivity index (χ3n) is 3.80. The molecule has 0 bridgehead atoms. The number of hydrogen-bond donors (Lipinski definition) is 1. The van der Waals surface area contributed by atoms with E-state index in [0.29, 0.717) is 31.6 Å².